The van der Waals surface area contributed by atoms with Crippen molar-refractivity contribution < 1.29 is 8.42 Å². The van der Waals surface area contributed by atoms with E-state index in [0.717, 1.165) is 5.56 Å². The molecular weight excluding hydrogens is 485 g/mol. The minimum Gasteiger partial charge on any atom is -0.357 e. The third kappa shape index (κ3) is 6.62. The first-order valence-electron chi connectivity index (χ1n) is 9.40. The molecule has 0 aliphatic heterocycles. The Morgan fingerprint density at radius 3 is 2.36 bits per heavy atom. The summed E-state index contributed by atoms with van der Waals surface area (Å²) in [7, 11) is -3.18. The molecule has 5 nitrogen and oxygen atoms in total. The Bertz CT molecular complexity index is 905. The van der Waals surface area contributed by atoms with Gasteiger partial charge in [0.15, 0.2) is 15.8 Å². The molecule has 1 unspecified atom stereocenters. The highest BCUT2D eigenvalue weighted by atomic mass is 127. The van der Waals surface area contributed by atoms with Crippen LogP contribution >= 0.6 is 24.0 Å². The summed E-state index contributed by atoms with van der Waals surface area (Å²) >= 11 is 0. The van der Waals surface area contributed by atoms with Gasteiger partial charge in [-0.25, -0.2) is 8.42 Å². The highest BCUT2D eigenvalue weighted by molar-refractivity contribution is 14.0. The average Bonchev–Trinajstić information content (AvgIpc) is 2.60. The number of guanidine groups is 1. The monoisotopic (exact) mass is 517 g/mol. The maximum Gasteiger partial charge on any atom is 0.191 e. The topological polar surface area (TPSA) is 70.6 Å². The summed E-state index contributed by atoms with van der Waals surface area (Å²) in [5.41, 5.74) is 1.15. The molecule has 0 aromatic heterocycles. The summed E-state index contributed by atoms with van der Waals surface area (Å²) in [5.74, 6) is 0.666. The Labute approximate surface area is 186 Å². The molecule has 156 valence electrons. The number of nitrogens with one attached hydrogen (secondary N) is 2. The van der Waals surface area contributed by atoms with E-state index in [-0.39, 0.29) is 42.3 Å². The lowest BCUT2D eigenvalue weighted by Gasteiger charge is -2.20. The molecule has 0 spiro atoms. The highest BCUT2D eigenvalue weighted by Gasteiger charge is 2.28. The molecule has 1 atom stereocenters. The lowest BCUT2D eigenvalue weighted by molar-refractivity contribution is 0.560. The number of hydrogen-bond donors (Lipinski definition) is 2. The molecule has 2 rings (SSSR count). The van der Waals surface area contributed by atoms with Gasteiger partial charge in [0, 0.05) is 6.54 Å². The zero-order valence-electron chi connectivity index (χ0n) is 17.3. The van der Waals surface area contributed by atoms with Crippen molar-refractivity contribution >= 4 is 50.5 Å². The fraction of sp³-hybridized carbons (Fsp3) is 0.476. The lowest BCUT2D eigenvalue weighted by Crippen LogP contribution is -2.39. The van der Waals surface area contributed by atoms with E-state index in [9.17, 15) is 8.42 Å². The van der Waals surface area contributed by atoms with Crippen molar-refractivity contribution in [2.75, 3.05) is 18.8 Å². The van der Waals surface area contributed by atoms with Crippen molar-refractivity contribution in [3.8, 4) is 0 Å². The number of fused-ring (bicyclic) bond motifs is 1. The number of sulfone groups is 1. The van der Waals surface area contributed by atoms with E-state index in [2.05, 4.69) is 52.9 Å². The van der Waals surface area contributed by atoms with Gasteiger partial charge in [0.25, 0.3) is 0 Å². The molecule has 2 N–H and O–H groups in total. The third-order valence-corrected chi connectivity index (χ3v) is 7.12. The van der Waals surface area contributed by atoms with Crippen LogP contribution in [0.25, 0.3) is 10.8 Å². The summed E-state index contributed by atoms with van der Waals surface area (Å²) in [6.07, 6.45) is 0. The van der Waals surface area contributed by atoms with Crippen LogP contribution in [0.4, 0.5) is 0 Å². The van der Waals surface area contributed by atoms with Gasteiger partial charge in [-0.2, -0.15) is 0 Å². The van der Waals surface area contributed by atoms with Gasteiger partial charge in [0.1, 0.15) is 0 Å². The lowest BCUT2D eigenvalue weighted by atomic mass is 10.0. The molecule has 28 heavy (non-hydrogen) atoms. The summed E-state index contributed by atoms with van der Waals surface area (Å²) in [6.45, 7) is 10.2. The average molecular weight is 517 g/mol. The fourth-order valence-corrected chi connectivity index (χ4v) is 3.61. The molecule has 0 aliphatic carbocycles. The summed E-state index contributed by atoms with van der Waals surface area (Å²) in [6, 6.07) is 14.7. The van der Waals surface area contributed by atoms with Crippen molar-refractivity contribution in [3.63, 3.8) is 0 Å². The van der Waals surface area contributed by atoms with Crippen molar-refractivity contribution in [2.24, 2.45) is 4.99 Å². The Balaban J connectivity index is 0.00000392. The molecule has 2 aromatic carbocycles. The smallest absolute Gasteiger partial charge is 0.191 e. The van der Waals surface area contributed by atoms with Crippen LogP contribution in [0.3, 0.4) is 0 Å². The van der Waals surface area contributed by atoms with E-state index in [1.165, 1.54) is 10.8 Å². The van der Waals surface area contributed by atoms with Gasteiger partial charge >= 0.3 is 0 Å². The predicted molar refractivity (Wildman–Crippen MR) is 130 cm³/mol. The summed E-state index contributed by atoms with van der Waals surface area (Å²) in [5, 5.41) is 8.96. The molecule has 0 saturated carbocycles. The number of aliphatic imine (C=N–C) groups is 1. The minimum absolute atomic E-state index is 0. The van der Waals surface area contributed by atoms with Crippen LogP contribution in [-0.2, 0) is 9.84 Å². The molecule has 0 radical (unpaired) electrons. The van der Waals surface area contributed by atoms with Crippen LogP contribution in [0.2, 0.25) is 0 Å². The number of benzene rings is 2. The molecule has 0 heterocycles. The second-order valence-electron chi connectivity index (χ2n) is 7.66. The first-order valence-corrected chi connectivity index (χ1v) is 11.0. The molecule has 7 heteroatoms. The van der Waals surface area contributed by atoms with Crippen molar-refractivity contribution in [1.82, 2.24) is 10.6 Å². The van der Waals surface area contributed by atoms with Crippen LogP contribution < -0.4 is 10.6 Å². The molecule has 0 aliphatic rings. The van der Waals surface area contributed by atoms with E-state index in [0.29, 0.717) is 12.5 Å². The van der Waals surface area contributed by atoms with Crippen LogP contribution in [0, 0.1) is 0 Å². The third-order valence-electron chi connectivity index (χ3n) is 4.53. The maximum atomic E-state index is 12.2. The van der Waals surface area contributed by atoms with Gasteiger partial charge in [0.2, 0.25) is 0 Å². The zero-order valence-corrected chi connectivity index (χ0v) is 20.5. The molecule has 0 saturated heterocycles. The molecular formula is C21H32IN3O2S. The normalized spacial score (nSPS) is 13.7. The number of hydrogen-bond acceptors (Lipinski definition) is 3. The largest absolute Gasteiger partial charge is 0.357 e. The Morgan fingerprint density at radius 2 is 1.75 bits per heavy atom. The SMILES string of the molecule is CCNC(=NCCS(=O)(=O)C(C)(C)C)NC(C)c1ccc2ccccc2c1.I. The van der Waals surface area contributed by atoms with Crippen LogP contribution in [0.15, 0.2) is 47.5 Å². The summed E-state index contributed by atoms with van der Waals surface area (Å²) in [4.78, 5) is 4.46. The minimum atomic E-state index is -3.18. The quantitative estimate of drug-likeness (QED) is 0.341. The van der Waals surface area contributed by atoms with Crippen molar-refractivity contribution in [2.45, 2.75) is 45.4 Å². The molecule has 0 fully saturated rings. The predicted octanol–water partition coefficient (Wildman–Crippen LogP) is 4.29. The Kier molecular flexibility index (Phi) is 9.20. The fourth-order valence-electron chi connectivity index (χ4n) is 2.67. The van der Waals surface area contributed by atoms with Crippen molar-refractivity contribution in [1.29, 1.82) is 0 Å². The van der Waals surface area contributed by atoms with Gasteiger partial charge in [-0.05, 0) is 57.0 Å². The van der Waals surface area contributed by atoms with Gasteiger partial charge in [-0.3, -0.25) is 4.99 Å². The van der Waals surface area contributed by atoms with E-state index < -0.39 is 14.6 Å². The van der Waals surface area contributed by atoms with Crippen LogP contribution in [0.1, 0.15) is 46.2 Å². The molecule has 0 bridgehead atoms. The van der Waals surface area contributed by atoms with Crippen LogP contribution in [-0.4, -0.2) is 38.0 Å². The second kappa shape index (κ2) is 10.4. The van der Waals surface area contributed by atoms with Gasteiger partial charge < -0.3 is 10.6 Å². The summed E-state index contributed by atoms with van der Waals surface area (Å²) < 4.78 is 23.7. The van der Waals surface area contributed by atoms with Crippen LogP contribution in [0.5, 0.6) is 0 Å². The molecule has 2 aromatic rings. The highest BCUT2D eigenvalue weighted by Crippen LogP contribution is 2.20. The Hall–Kier alpha value is -1.35. The molecule has 0 amide bonds. The number of rotatable bonds is 6. The first kappa shape index (κ1) is 24.7. The number of halogens is 1. The van der Waals surface area contributed by atoms with E-state index in [1.54, 1.807) is 20.8 Å². The van der Waals surface area contributed by atoms with Crippen molar-refractivity contribution in [3.05, 3.63) is 48.0 Å². The van der Waals surface area contributed by atoms with Gasteiger partial charge in [-0.15, -0.1) is 24.0 Å². The van der Waals surface area contributed by atoms with Gasteiger partial charge in [-0.1, -0.05) is 36.4 Å². The van der Waals surface area contributed by atoms with E-state index in [1.807, 2.05) is 19.1 Å². The Morgan fingerprint density at radius 1 is 1.11 bits per heavy atom. The van der Waals surface area contributed by atoms with E-state index in [4.69, 9.17) is 0 Å². The second-order valence-corrected chi connectivity index (χ2v) is 10.5. The number of nitrogens with zero attached hydrogens (tertiary/aromatic N) is 1. The first-order chi connectivity index (χ1) is 12.6. The van der Waals surface area contributed by atoms with Gasteiger partial charge in [0.05, 0.1) is 23.1 Å². The van der Waals surface area contributed by atoms with E-state index >= 15 is 0 Å². The maximum absolute atomic E-state index is 12.2. The zero-order chi connectivity index (χ0) is 20.1. The standard InChI is InChI=1S/C21H31N3O2S.HI/c1-6-22-20(23-13-14-27(25,26)21(3,4)5)24-16(2)18-12-11-17-9-7-8-10-19(17)15-18;/h7-12,15-16H,6,13-14H2,1-5H3,(H2,22,23,24);1H.